The second-order valence-electron chi connectivity index (χ2n) is 4.78. The number of imidazole rings is 1. The molecule has 0 aliphatic heterocycles. The van der Waals surface area contributed by atoms with Gasteiger partial charge in [0.2, 0.25) is 0 Å². The van der Waals surface area contributed by atoms with E-state index >= 15 is 0 Å². The summed E-state index contributed by atoms with van der Waals surface area (Å²) < 4.78 is 2.14. The largest absolute Gasteiger partial charge is 0.336 e. The van der Waals surface area contributed by atoms with Crippen molar-refractivity contribution in [1.29, 1.82) is 0 Å². The van der Waals surface area contributed by atoms with Crippen molar-refractivity contribution in [1.82, 2.24) is 29.9 Å². The molecule has 0 radical (unpaired) electrons. The van der Waals surface area contributed by atoms with E-state index in [4.69, 9.17) is 0 Å². The summed E-state index contributed by atoms with van der Waals surface area (Å²) in [4.78, 5) is 8.76. The van der Waals surface area contributed by atoms with E-state index in [1.54, 1.807) is 6.20 Å². The molecule has 0 unspecified atom stereocenters. The number of rotatable bonds is 3. The zero-order valence-corrected chi connectivity index (χ0v) is 9.74. The Labute approximate surface area is 103 Å². The summed E-state index contributed by atoms with van der Waals surface area (Å²) in [5, 5.41) is 10.6. The van der Waals surface area contributed by atoms with Gasteiger partial charge in [0.15, 0.2) is 0 Å². The Balaban J connectivity index is 1.69. The number of hydrogen-bond donors (Lipinski definition) is 1. The van der Waals surface area contributed by atoms with Crippen molar-refractivity contribution in [3.05, 3.63) is 24.8 Å². The second-order valence-corrected chi connectivity index (χ2v) is 4.78. The number of fused-ring (bicyclic) bond motifs is 1. The Bertz CT molecular complexity index is 693. The van der Waals surface area contributed by atoms with Crippen LogP contribution < -0.4 is 0 Å². The summed E-state index contributed by atoms with van der Waals surface area (Å²) in [5.74, 6) is 0.845. The molecule has 1 aliphatic rings. The predicted octanol–water partition coefficient (Wildman–Crippen LogP) is 1.63. The van der Waals surface area contributed by atoms with Crippen molar-refractivity contribution < 1.29 is 0 Å². The van der Waals surface area contributed by atoms with Gasteiger partial charge < -0.3 is 4.57 Å². The number of aromatic nitrogens is 6. The zero-order valence-electron chi connectivity index (χ0n) is 9.74. The van der Waals surface area contributed by atoms with Gasteiger partial charge in [-0.15, -0.1) is 0 Å². The SMILES string of the molecule is c1nc(-c2cn(CC3CC3)cn2)cc2n[nH]nc12. The first kappa shape index (κ1) is 9.76. The fraction of sp³-hybridized carbons (Fsp3) is 0.333. The van der Waals surface area contributed by atoms with E-state index in [9.17, 15) is 0 Å². The minimum Gasteiger partial charge on any atom is -0.336 e. The molecule has 4 rings (SSSR count). The van der Waals surface area contributed by atoms with Crippen molar-refractivity contribution in [3.63, 3.8) is 0 Å². The summed E-state index contributed by atoms with van der Waals surface area (Å²) >= 11 is 0. The van der Waals surface area contributed by atoms with E-state index in [1.807, 2.05) is 18.6 Å². The monoisotopic (exact) mass is 240 g/mol. The Kier molecular flexibility index (Phi) is 1.97. The maximum Gasteiger partial charge on any atom is 0.131 e. The van der Waals surface area contributed by atoms with Gasteiger partial charge in [-0.25, -0.2) is 4.98 Å². The summed E-state index contributed by atoms with van der Waals surface area (Å²) in [5.41, 5.74) is 3.32. The Hall–Kier alpha value is -2.24. The number of hydrogen-bond acceptors (Lipinski definition) is 4. The van der Waals surface area contributed by atoms with Gasteiger partial charge >= 0.3 is 0 Å². The molecule has 6 nitrogen and oxygen atoms in total. The van der Waals surface area contributed by atoms with E-state index in [1.165, 1.54) is 12.8 Å². The minimum atomic E-state index is 0.774. The highest BCUT2D eigenvalue weighted by Crippen LogP contribution is 2.30. The van der Waals surface area contributed by atoms with Gasteiger partial charge in [-0.05, 0) is 24.8 Å². The number of nitrogens with one attached hydrogen (secondary N) is 1. The van der Waals surface area contributed by atoms with Crippen LogP contribution in [0.5, 0.6) is 0 Å². The molecular weight excluding hydrogens is 228 g/mol. The van der Waals surface area contributed by atoms with Gasteiger partial charge in [0.25, 0.3) is 0 Å². The molecule has 18 heavy (non-hydrogen) atoms. The lowest BCUT2D eigenvalue weighted by Crippen LogP contribution is -1.95. The number of nitrogens with zero attached hydrogens (tertiary/aromatic N) is 5. The molecule has 0 aromatic carbocycles. The zero-order chi connectivity index (χ0) is 11.9. The summed E-state index contributed by atoms with van der Waals surface area (Å²) in [6, 6.07) is 1.91. The molecular formula is C12H12N6. The van der Waals surface area contributed by atoms with Crippen LogP contribution in [-0.2, 0) is 6.54 Å². The molecule has 1 N–H and O–H groups in total. The molecule has 0 amide bonds. The Morgan fingerprint density at radius 3 is 2.94 bits per heavy atom. The van der Waals surface area contributed by atoms with Gasteiger partial charge in [0.1, 0.15) is 16.7 Å². The quantitative estimate of drug-likeness (QED) is 0.755. The van der Waals surface area contributed by atoms with Crippen LogP contribution in [0.4, 0.5) is 0 Å². The van der Waals surface area contributed by atoms with E-state index in [-0.39, 0.29) is 0 Å². The maximum absolute atomic E-state index is 4.40. The molecule has 6 heteroatoms. The Morgan fingerprint density at radius 2 is 2.06 bits per heavy atom. The summed E-state index contributed by atoms with van der Waals surface area (Å²) in [7, 11) is 0. The standard InChI is InChI=1S/C12H12N6/c1-2-8(1)5-18-6-12(14-7-18)9-3-10-11(4-13-9)16-17-15-10/h3-4,6-8H,1-2,5H2,(H,15,16,17). The third kappa shape index (κ3) is 1.66. The van der Waals surface area contributed by atoms with Crippen LogP contribution in [0.25, 0.3) is 22.4 Å². The van der Waals surface area contributed by atoms with Crippen LogP contribution in [0.15, 0.2) is 24.8 Å². The van der Waals surface area contributed by atoms with Crippen LogP contribution >= 0.6 is 0 Å². The lowest BCUT2D eigenvalue weighted by atomic mass is 10.2. The number of aromatic amines is 1. The fourth-order valence-electron chi connectivity index (χ4n) is 2.08. The molecule has 3 aromatic rings. The van der Waals surface area contributed by atoms with Gasteiger partial charge in [0, 0.05) is 12.7 Å². The minimum absolute atomic E-state index is 0.774. The summed E-state index contributed by atoms with van der Waals surface area (Å²) in [6.07, 6.45) is 8.33. The van der Waals surface area contributed by atoms with Crippen LogP contribution in [-0.4, -0.2) is 29.9 Å². The molecule has 1 fully saturated rings. The number of pyridine rings is 1. The molecule has 0 spiro atoms. The van der Waals surface area contributed by atoms with Gasteiger partial charge in [-0.3, -0.25) is 4.98 Å². The fourth-order valence-corrected chi connectivity index (χ4v) is 2.08. The summed E-state index contributed by atoms with van der Waals surface area (Å²) in [6.45, 7) is 1.07. The van der Waals surface area contributed by atoms with E-state index < -0.39 is 0 Å². The first-order valence-electron chi connectivity index (χ1n) is 6.07. The van der Waals surface area contributed by atoms with Crippen molar-refractivity contribution in [3.8, 4) is 11.4 Å². The van der Waals surface area contributed by atoms with Crippen molar-refractivity contribution >= 4 is 11.0 Å². The third-order valence-electron chi connectivity index (χ3n) is 3.26. The van der Waals surface area contributed by atoms with Gasteiger partial charge in [-0.2, -0.15) is 15.4 Å². The van der Waals surface area contributed by atoms with E-state index in [2.05, 4.69) is 29.9 Å². The van der Waals surface area contributed by atoms with Crippen molar-refractivity contribution in [2.75, 3.05) is 0 Å². The van der Waals surface area contributed by atoms with Gasteiger partial charge in [0.05, 0.1) is 18.2 Å². The average Bonchev–Trinajstić information content (AvgIpc) is 2.91. The highest BCUT2D eigenvalue weighted by molar-refractivity contribution is 5.76. The Morgan fingerprint density at radius 1 is 1.17 bits per heavy atom. The molecule has 90 valence electrons. The molecule has 1 saturated carbocycles. The molecule has 3 heterocycles. The normalized spacial score (nSPS) is 15.3. The lowest BCUT2D eigenvalue weighted by Gasteiger charge is -1.97. The van der Waals surface area contributed by atoms with Gasteiger partial charge in [-0.1, -0.05) is 0 Å². The molecule has 1 aliphatic carbocycles. The van der Waals surface area contributed by atoms with Crippen LogP contribution in [0.2, 0.25) is 0 Å². The highest BCUT2D eigenvalue weighted by atomic mass is 15.3. The van der Waals surface area contributed by atoms with Crippen LogP contribution in [0, 0.1) is 5.92 Å². The van der Waals surface area contributed by atoms with E-state index in [0.29, 0.717) is 0 Å². The lowest BCUT2D eigenvalue weighted by molar-refractivity contribution is 0.626. The smallest absolute Gasteiger partial charge is 0.131 e. The first-order valence-corrected chi connectivity index (χ1v) is 6.07. The topological polar surface area (TPSA) is 72.3 Å². The maximum atomic E-state index is 4.40. The van der Waals surface area contributed by atoms with Crippen LogP contribution in [0.1, 0.15) is 12.8 Å². The highest BCUT2D eigenvalue weighted by Gasteiger charge is 2.21. The second kappa shape index (κ2) is 3.63. The molecule has 0 bridgehead atoms. The van der Waals surface area contributed by atoms with Crippen molar-refractivity contribution in [2.24, 2.45) is 5.92 Å². The van der Waals surface area contributed by atoms with E-state index in [0.717, 1.165) is 34.9 Å². The third-order valence-corrected chi connectivity index (χ3v) is 3.26. The molecule has 0 atom stereocenters. The molecule has 3 aromatic heterocycles. The van der Waals surface area contributed by atoms with Crippen LogP contribution in [0.3, 0.4) is 0 Å². The average molecular weight is 240 g/mol. The predicted molar refractivity (Wildman–Crippen MR) is 65.6 cm³/mol. The first-order chi connectivity index (χ1) is 8.88. The number of H-pyrrole nitrogens is 1. The van der Waals surface area contributed by atoms with Crippen molar-refractivity contribution in [2.45, 2.75) is 19.4 Å². The molecule has 0 saturated heterocycles.